The van der Waals surface area contributed by atoms with E-state index in [9.17, 15) is 14.0 Å². The normalized spacial score (nSPS) is 17.8. The van der Waals surface area contributed by atoms with Crippen LogP contribution < -0.4 is 10.1 Å². The van der Waals surface area contributed by atoms with Crippen molar-refractivity contribution in [1.82, 2.24) is 0 Å². The summed E-state index contributed by atoms with van der Waals surface area (Å²) in [7, 11) is 1.19. The van der Waals surface area contributed by atoms with Crippen molar-refractivity contribution in [3.63, 3.8) is 0 Å². The van der Waals surface area contributed by atoms with Crippen LogP contribution in [0.2, 0.25) is 0 Å². The Hall–Kier alpha value is -2.11. The van der Waals surface area contributed by atoms with Crippen molar-refractivity contribution in [2.24, 2.45) is 0 Å². The molecule has 0 bridgehead atoms. The minimum Gasteiger partial charge on any atom is -0.476 e. The highest BCUT2D eigenvalue weighted by atomic mass is 19.1. The first-order chi connectivity index (χ1) is 8.02. The third-order valence-corrected chi connectivity index (χ3v) is 2.39. The van der Waals surface area contributed by atoms with Crippen molar-refractivity contribution in [1.29, 1.82) is 0 Å². The van der Waals surface area contributed by atoms with Gasteiger partial charge in [-0.1, -0.05) is 0 Å². The molecule has 17 heavy (non-hydrogen) atoms. The molecule has 6 heteroatoms. The van der Waals surface area contributed by atoms with Crippen molar-refractivity contribution in [3.8, 4) is 5.75 Å². The molecule has 1 N–H and O–H groups in total. The summed E-state index contributed by atoms with van der Waals surface area (Å²) in [5.74, 6) is -1.85. The standard InChI is InChI=1S/C11H10FNO4/c1-5-10(14)13-8-4-6(11(15)16-2)3-7(12)9(8)17-5/h3-5H,1-2H3,(H,13,14)/t5-/m1/s1. The van der Waals surface area contributed by atoms with Gasteiger partial charge in [0, 0.05) is 0 Å². The Morgan fingerprint density at radius 1 is 1.53 bits per heavy atom. The van der Waals surface area contributed by atoms with E-state index in [2.05, 4.69) is 10.1 Å². The van der Waals surface area contributed by atoms with Gasteiger partial charge in [-0.3, -0.25) is 4.79 Å². The van der Waals surface area contributed by atoms with E-state index in [0.29, 0.717) is 0 Å². The lowest BCUT2D eigenvalue weighted by atomic mass is 10.1. The minimum atomic E-state index is -0.763. The fourth-order valence-corrected chi connectivity index (χ4v) is 1.51. The highest BCUT2D eigenvalue weighted by Gasteiger charge is 2.27. The Kier molecular flexibility index (Phi) is 2.71. The Balaban J connectivity index is 2.47. The first-order valence-corrected chi connectivity index (χ1v) is 4.92. The van der Waals surface area contributed by atoms with Crippen molar-refractivity contribution in [3.05, 3.63) is 23.5 Å². The van der Waals surface area contributed by atoms with Crippen molar-refractivity contribution in [2.75, 3.05) is 12.4 Å². The second-order valence-corrected chi connectivity index (χ2v) is 3.58. The quantitative estimate of drug-likeness (QED) is 0.751. The number of hydrogen-bond donors (Lipinski definition) is 1. The summed E-state index contributed by atoms with van der Waals surface area (Å²) in [5, 5.41) is 2.46. The van der Waals surface area contributed by atoms with Gasteiger partial charge in [0.05, 0.1) is 18.4 Å². The molecule has 0 radical (unpaired) electrons. The van der Waals surface area contributed by atoms with Crippen molar-refractivity contribution >= 4 is 17.6 Å². The van der Waals surface area contributed by atoms with Crippen molar-refractivity contribution < 1.29 is 23.5 Å². The lowest BCUT2D eigenvalue weighted by molar-refractivity contribution is -0.122. The predicted octanol–water partition coefficient (Wildman–Crippen LogP) is 1.33. The smallest absolute Gasteiger partial charge is 0.338 e. The molecule has 2 rings (SSSR count). The Morgan fingerprint density at radius 2 is 2.24 bits per heavy atom. The number of carbonyl (C=O) groups is 2. The summed E-state index contributed by atoms with van der Waals surface area (Å²) in [6.07, 6.45) is -0.763. The van der Waals surface area contributed by atoms with Crippen LogP contribution in [0.4, 0.5) is 10.1 Å². The SMILES string of the molecule is COC(=O)c1cc(F)c2c(c1)NC(=O)[C@@H](C)O2. The zero-order valence-corrected chi connectivity index (χ0v) is 9.24. The largest absolute Gasteiger partial charge is 0.476 e. The van der Waals surface area contributed by atoms with Gasteiger partial charge in [0.1, 0.15) is 0 Å². The molecule has 0 saturated carbocycles. The molecule has 0 aliphatic carbocycles. The zero-order chi connectivity index (χ0) is 12.6. The maximum Gasteiger partial charge on any atom is 0.338 e. The summed E-state index contributed by atoms with van der Waals surface area (Å²) >= 11 is 0. The van der Waals surface area contributed by atoms with Crippen LogP contribution in [0.15, 0.2) is 12.1 Å². The van der Waals surface area contributed by atoms with Crippen LogP contribution in [0.1, 0.15) is 17.3 Å². The average molecular weight is 239 g/mol. The van der Waals surface area contributed by atoms with E-state index in [1.54, 1.807) is 0 Å². The van der Waals surface area contributed by atoms with Crippen LogP contribution in [0, 0.1) is 5.82 Å². The van der Waals surface area contributed by atoms with E-state index in [0.717, 1.165) is 6.07 Å². The first-order valence-electron chi connectivity index (χ1n) is 4.92. The molecule has 1 heterocycles. The molecule has 0 saturated heterocycles. The number of methoxy groups -OCH3 is 1. The summed E-state index contributed by atoms with van der Waals surface area (Å²) in [5.41, 5.74) is 0.149. The molecular formula is C11H10FNO4. The number of hydrogen-bond acceptors (Lipinski definition) is 4. The number of ether oxygens (including phenoxy) is 2. The molecule has 1 aliphatic rings. The second kappa shape index (κ2) is 4.04. The highest BCUT2D eigenvalue weighted by Crippen LogP contribution is 2.33. The highest BCUT2D eigenvalue weighted by molar-refractivity contribution is 5.99. The predicted molar refractivity (Wildman–Crippen MR) is 56.5 cm³/mol. The molecule has 5 nitrogen and oxygen atoms in total. The number of esters is 1. The molecule has 1 aliphatic heterocycles. The average Bonchev–Trinajstić information content (AvgIpc) is 2.30. The van der Waals surface area contributed by atoms with Crippen LogP contribution in [0.3, 0.4) is 0 Å². The molecule has 1 aromatic carbocycles. The number of benzene rings is 1. The number of halogens is 1. The molecule has 1 aromatic rings. The third-order valence-electron chi connectivity index (χ3n) is 2.39. The minimum absolute atomic E-state index is 0.0159. The van der Waals surface area contributed by atoms with Gasteiger partial charge in [-0.25, -0.2) is 9.18 Å². The second-order valence-electron chi connectivity index (χ2n) is 3.58. The number of rotatable bonds is 1. The zero-order valence-electron chi connectivity index (χ0n) is 9.24. The Labute approximate surface area is 96.5 Å². The molecular weight excluding hydrogens is 229 g/mol. The summed E-state index contributed by atoms with van der Waals surface area (Å²) < 4.78 is 23.2. The van der Waals surface area contributed by atoms with Gasteiger partial charge < -0.3 is 14.8 Å². The van der Waals surface area contributed by atoms with Gasteiger partial charge in [0.2, 0.25) is 0 Å². The lowest BCUT2D eigenvalue weighted by Crippen LogP contribution is -2.35. The van der Waals surface area contributed by atoms with Crippen LogP contribution >= 0.6 is 0 Å². The van der Waals surface area contributed by atoms with Crippen LogP contribution in [0.5, 0.6) is 5.75 Å². The van der Waals surface area contributed by atoms with Gasteiger partial charge in [-0.05, 0) is 19.1 Å². The Bertz CT molecular complexity index is 500. The molecule has 0 spiro atoms. The van der Waals surface area contributed by atoms with E-state index in [1.807, 2.05) is 0 Å². The van der Waals surface area contributed by atoms with Gasteiger partial charge >= 0.3 is 5.97 Å². The fourth-order valence-electron chi connectivity index (χ4n) is 1.51. The molecule has 1 atom stereocenters. The molecule has 0 fully saturated rings. The maximum atomic E-state index is 13.6. The molecule has 0 aromatic heterocycles. The third kappa shape index (κ3) is 1.93. The monoisotopic (exact) mass is 239 g/mol. The molecule has 90 valence electrons. The first kappa shape index (κ1) is 11.4. The van der Waals surface area contributed by atoms with E-state index < -0.39 is 17.9 Å². The topological polar surface area (TPSA) is 64.6 Å². The van der Waals surface area contributed by atoms with E-state index >= 15 is 0 Å². The summed E-state index contributed by atoms with van der Waals surface area (Å²) in [6, 6.07) is 2.32. The van der Waals surface area contributed by atoms with Gasteiger partial charge in [0.15, 0.2) is 17.7 Å². The maximum absolute atomic E-state index is 13.6. The molecule has 1 amide bonds. The van der Waals surface area contributed by atoms with E-state index in [-0.39, 0.29) is 22.9 Å². The number of carbonyl (C=O) groups excluding carboxylic acids is 2. The van der Waals surface area contributed by atoms with Gasteiger partial charge in [-0.15, -0.1) is 0 Å². The number of nitrogens with one attached hydrogen (secondary N) is 1. The van der Waals surface area contributed by atoms with Crippen LogP contribution in [-0.4, -0.2) is 25.1 Å². The van der Waals surface area contributed by atoms with Gasteiger partial charge in [-0.2, -0.15) is 0 Å². The number of anilines is 1. The van der Waals surface area contributed by atoms with E-state index in [4.69, 9.17) is 4.74 Å². The van der Waals surface area contributed by atoms with Crippen LogP contribution in [-0.2, 0) is 9.53 Å². The van der Waals surface area contributed by atoms with Gasteiger partial charge in [0.25, 0.3) is 5.91 Å². The van der Waals surface area contributed by atoms with Crippen molar-refractivity contribution in [2.45, 2.75) is 13.0 Å². The van der Waals surface area contributed by atoms with E-state index in [1.165, 1.54) is 20.1 Å². The van der Waals surface area contributed by atoms with Crippen LogP contribution in [0.25, 0.3) is 0 Å². The fraction of sp³-hybridized carbons (Fsp3) is 0.273. The number of fused-ring (bicyclic) bond motifs is 1. The number of amides is 1. The summed E-state index contributed by atoms with van der Waals surface area (Å²) in [6.45, 7) is 1.51. The lowest BCUT2D eigenvalue weighted by Gasteiger charge is -2.23. The Morgan fingerprint density at radius 3 is 2.88 bits per heavy atom. The summed E-state index contributed by atoms with van der Waals surface area (Å²) in [4.78, 5) is 22.6. The molecule has 0 unspecified atom stereocenters.